The zero-order chi connectivity index (χ0) is 15.8. The van der Waals surface area contributed by atoms with Crippen LogP contribution in [0, 0.1) is 5.41 Å². The molecule has 116 valence electrons. The Hall–Kier alpha value is -1.60. The molecule has 1 aromatic carbocycles. The summed E-state index contributed by atoms with van der Waals surface area (Å²) < 4.78 is 26.7. The number of rotatable bonds is 3. The molecule has 1 amide bonds. The van der Waals surface area contributed by atoms with Gasteiger partial charge in [0.15, 0.2) is 0 Å². The highest BCUT2D eigenvalue weighted by atomic mass is 32.2. The van der Waals surface area contributed by atoms with Gasteiger partial charge in [-0.2, -0.15) is 4.31 Å². The topological polar surface area (TPSA) is 106 Å². The predicted octanol–water partition coefficient (Wildman–Crippen LogP) is 1.18. The smallest absolute Gasteiger partial charge is 0.248 e. The summed E-state index contributed by atoms with van der Waals surface area (Å²) in [5.74, 6) is -0.634. The first-order valence-corrected chi connectivity index (χ1v) is 8.27. The lowest BCUT2D eigenvalue weighted by Gasteiger charge is -2.36. The molecule has 7 heteroatoms. The highest BCUT2D eigenvalue weighted by Crippen LogP contribution is 2.33. The van der Waals surface area contributed by atoms with Crippen molar-refractivity contribution in [1.29, 1.82) is 0 Å². The van der Waals surface area contributed by atoms with Gasteiger partial charge in [-0.1, -0.05) is 13.8 Å². The Kier molecular flexibility index (Phi) is 3.99. The van der Waals surface area contributed by atoms with E-state index in [4.69, 9.17) is 11.5 Å². The molecule has 1 fully saturated rings. The van der Waals surface area contributed by atoms with E-state index in [9.17, 15) is 13.2 Å². The monoisotopic (exact) mass is 311 g/mol. The Morgan fingerprint density at radius 3 is 2.29 bits per heavy atom. The third-order valence-electron chi connectivity index (χ3n) is 3.99. The highest BCUT2D eigenvalue weighted by molar-refractivity contribution is 7.89. The van der Waals surface area contributed by atoms with Crippen molar-refractivity contribution in [2.75, 3.05) is 18.8 Å². The molecule has 0 unspecified atom stereocenters. The van der Waals surface area contributed by atoms with Crippen LogP contribution in [0.15, 0.2) is 23.1 Å². The molecule has 0 aliphatic carbocycles. The van der Waals surface area contributed by atoms with E-state index in [-0.39, 0.29) is 21.6 Å². The summed E-state index contributed by atoms with van der Waals surface area (Å²) in [5, 5.41) is 0. The highest BCUT2D eigenvalue weighted by Gasteiger charge is 2.33. The number of nitrogen functional groups attached to an aromatic ring is 1. The lowest BCUT2D eigenvalue weighted by atomic mass is 9.83. The van der Waals surface area contributed by atoms with Gasteiger partial charge in [0.1, 0.15) is 4.90 Å². The van der Waals surface area contributed by atoms with Gasteiger partial charge in [0.2, 0.25) is 15.9 Å². The number of carbonyl (C=O) groups excluding carboxylic acids is 1. The van der Waals surface area contributed by atoms with Crippen LogP contribution >= 0.6 is 0 Å². The molecule has 1 aliphatic heterocycles. The molecule has 0 saturated carbocycles. The van der Waals surface area contributed by atoms with Crippen LogP contribution in [-0.2, 0) is 10.0 Å². The van der Waals surface area contributed by atoms with E-state index < -0.39 is 15.9 Å². The molecule has 1 aliphatic rings. The number of primary amides is 1. The third kappa shape index (κ3) is 3.19. The number of benzene rings is 1. The van der Waals surface area contributed by atoms with Gasteiger partial charge in [-0.15, -0.1) is 0 Å². The van der Waals surface area contributed by atoms with E-state index in [1.54, 1.807) is 0 Å². The largest absolute Gasteiger partial charge is 0.398 e. The van der Waals surface area contributed by atoms with E-state index in [0.29, 0.717) is 13.1 Å². The Labute approximate surface area is 125 Å². The van der Waals surface area contributed by atoms with Crippen molar-refractivity contribution in [1.82, 2.24) is 4.31 Å². The van der Waals surface area contributed by atoms with Gasteiger partial charge in [-0.3, -0.25) is 4.79 Å². The van der Waals surface area contributed by atoms with Gasteiger partial charge in [0.05, 0.1) is 5.69 Å². The van der Waals surface area contributed by atoms with E-state index in [2.05, 4.69) is 13.8 Å². The number of hydrogen-bond donors (Lipinski definition) is 2. The number of piperidine rings is 1. The SMILES string of the molecule is CC1(C)CCN(S(=O)(=O)c2ccc(C(N)=O)cc2N)CC1. The standard InChI is InChI=1S/C14H21N3O3S/c1-14(2)5-7-17(8-6-14)21(19,20)12-4-3-10(13(16)18)9-11(12)15/h3-4,9H,5-8,15H2,1-2H3,(H2,16,18). The average Bonchev–Trinajstić information content (AvgIpc) is 2.37. The number of sulfonamides is 1. The van der Waals surface area contributed by atoms with Crippen LogP contribution in [0.25, 0.3) is 0 Å². The number of amides is 1. The lowest BCUT2D eigenvalue weighted by Crippen LogP contribution is -2.41. The summed E-state index contributed by atoms with van der Waals surface area (Å²) >= 11 is 0. The summed E-state index contributed by atoms with van der Waals surface area (Å²) in [7, 11) is -3.63. The first-order chi connectivity index (χ1) is 9.63. The molecule has 0 spiro atoms. The summed E-state index contributed by atoms with van der Waals surface area (Å²) in [5.41, 5.74) is 11.4. The van der Waals surface area contributed by atoms with Crippen molar-refractivity contribution in [2.24, 2.45) is 11.1 Å². The molecule has 0 radical (unpaired) electrons. The van der Waals surface area contributed by atoms with E-state index >= 15 is 0 Å². The lowest BCUT2D eigenvalue weighted by molar-refractivity contribution is 0.1000. The number of carbonyl (C=O) groups is 1. The normalized spacial score (nSPS) is 19.3. The zero-order valence-corrected chi connectivity index (χ0v) is 13.1. The first-order valence-electron chi connectivity index (χ1n) is 6.83. The Bertz CT molecular complexity index is 658. The molecule has 21 heavy (non-hydrogen) atoms. The molecule has 1 aromatic rings. The molecular weight excluding hydrogens is 290 g/mol. The van der Waals surface area contributed by atoms with Crippen LogP contribution in [0.5, 0.6) is 0 Å². The number of hydrogen-bond acceptors (Lipinski definition) is 4. The number of anilines is 1. The fourth-order valence-electron chi connectivity index (χ4n) is 2.41. The second-order valence-corrected chi connectivity index (χ2v) is 8.09. The molecule has 6 nitrogen and oxygen atoms in total. The summed E-state index contributed by atoms with van der Waals surface area (Å²) in [4.78, 5) is 11.1. The van der Waals surface area contributed by atoms with Gasteiger partial charge < -0.3 is 11.5 Å². The van der Waals surface area contributed by atoms with Crippen molar-refractivity contribution in [2.45, 2.75) is 31.6 Å². The summed E-state index contributed by atoms with van der Waals surface area (Å²) in [6.07, 6.45) is 1.62. The quantitative estimate of drug-likeness (QED) is 0.817. The van der Waals surface area contributed by atoms with Crippen molar-refractivity contribution in [3.05, 3.63) is 23.8 Å². The molecule has 2 rings (SSSR count). The molecule has 0 aromatic heterocycles. The van der Waals surface area contributed by atoms with Crippen LogP contribution < -0.4 is 11.5 Å². The molecule has 1 heterocycles. The molecule has 0 bridgehead atoms. The third-order valence-corrected chi connectivity index (χ3v) is 5.96. The molecule has 4 N–H and O–H groups in total. The molecule has 0 atom stereocenters. The molecule has 1 saturated heterocycles. The average molecular weight is 311 g/mol. The fraction of sp³-hybridized carbons (Fsp3) is 0.500. The van der Waals surface area contributed by atoms with Gasteiger partial charge in [-0.25, -0.2) is 8.42 Å². The van der Waals surface area contributed by atoms with Gasteiger partial charge >= 0.3 is 0 Å². The van der Waals surface area contributed by atoms with Crippen LogP contribution in [0.1, 0.15) is 37.0 Å². The first kappa shape index (κ1) is 15.8. The summed E-state index contributed by atoms with van der Waals surface area (Å²) in [6, 6.07) is 4.05. The van der Waals surface area contributed by atoms with Crippen molar-refractivity contribution >= 4 is 21.6 Å². The van der Waals surface area contributed by atoms with E-state index in [1.807, 2.05) is 0 Å². The Morgan fingerprint density at radius 1 is 1.24 bits per heavy atom. The minimum atomic E-state index is -3.63. The maximum absolute atomic E-state index is 12.6. The van der Waals surface area contributed by atoms with Gasteiger partial charge in [-0.05, 0) is 36.5 Å². The van der Waals surface area contributed by atoms with Crippen LogP contribution in [-0.4, -0.2) is 31.7 Å². The number of nitrogens with zero attached hydrogens (tertiary/aromatic N) is 1. The Morgan fingerprint density at radius 2 is 1.81 bits per heavy atom. The maximum atomic E-state index is 12.6. The zero-order valence-electron chi connectivity index (χ0n) is 12.3. The van der Waals surface area contributed by atoms with Crippen LogP contribution in [0.4, 0.5) is 5.69 Å². The van der Waals surface area contributed by atoms with E-state index in [1.165, 1.54) is 22.5 Å². The minimum absolute atomic E-state index is 0.0345. The second kappa shape index (κ2) is 5.31. The number of nitrogens with two attached hydrogens (primary N) is 2. The van der Waals surface area contributed by atoms with Crippen molar-refractivity contribution in [3.8, 4) is 0 Å². The Balaban J connectivity index is 2.30. The fourth-order valence-corrected chi connectivity index (χ4v) is 3.95. The van der Waals surface area contributed by atoms with Gasteiger partial charge in [0, 0.05) is 18.7 Å². The van der Waals surface area contributed by atoms with Gasteiger partial charge in [0.25, 0.3) is 0 Å². The van der Waals surface area contributed by atoms with Crippen LogP contribution in [0.3, 0.4) is 0 Å². The predicted molar refractivity (Wildman–Crippen MR) is 81.1 cm³/mol. The van der Waals surface area contributed by atoms with E-state index in [0.717, 1.165) is 12.8 Å². The van der Waals surface area contributed by atoms with Crippen LogP contribution in [0.2, 0.25) is 0 Å². The summed E-state index contributed by atoms with van der Waals surface area (Å²) in [6.45, 7) is 5.22. The van der Waals surface area contributed by atoms with Crippen molar-refractivity contribution < 1.29 is 13.2 Å². The molecular formula is C14H21N3O3S. The minimum Gasteiger partial charge on any atom is -0.398 e. The maximum Gasteiger partial charge on any atom is 0.248 e. The second-order valence-electron chi connectivity index (χ2n) is 6.19. The van der Waals surface area contributed by atoms with Crippen molar-refractivity contribution in [3.63, 3.8) is 0 Å².